The van der Waals surface area contributed by atoms with Crippen LogP contribution < -0.4 is 5.32 Å². The summed E-state index contributed by atoms with van der Waals surface area (Å²) >= 11 is 3.32. The van der Waals surface area contributed by atoms with E-state index in [-0.39, 0.29) is 0 Å². The molecule has 0 aromatic carbocycles. The van der Waals surface area contributed by atoms with Crippen molar-refractivity contribution >= 4 is 33.1 Å². The summed E-state index contributed by atoms with van der Waals surface area (Å²) in [4.78, 5) is 1.39. The largest absolute Gasteiger partial charge is 0.310 e. The minimum Gasteiger partial charge on any atom is -0.310 e. The van der Waals surface area contributed by atoms with Crippen molar-refractivity contribution in [2.24, 2.45) is 0 Å². The summed E-state index contributed by atoms with van der Waals surface area (Å²) in [5.74, 6) is 1.78. The number of sulfonamides is 1. The molecule has 1 aliphatic rings. The minimum absolute atomic E-state index is 0.351. The Kier molecular flexibility index (Phi) is 5.30. The van der Waals surface area contributed by atoms with E-state index in [1.165, 1.54) is 11.3 Å². The average molecular weight is 321 g/mol. The van der Waals surface area contributed by atoms with Crippen molar-refractivity contribution in [2.75, 3.05) is 24.6 Å². The van der Waals surface area contributed by atoms with Crippen LogP contribution in [-0.4, -0.2) is 43.4 Å². The van der Waals surface area contributed by atoms with E-state index in [4.69, 9.17) is 0 Å². The van der Waals surface area contributed by atoms with Gasteiger partial charge < -0.3 is 5.32 Å². The van der Waals surface area contributed by atoms with Crippen LogP contribution in [0.4, 0.5) is 0 Å². The number of rotatable bonds is 5. The van der Waals surface area contributed by atoms with E-state index >= 15 is 0 Å². The summed E-state index contributed by atoms with van der Waals surface area (Å²) in [6, 6.07) is 2.09. The van der Waals surface area contributed by atoms with Gasteiger partial charge in [0.1, 0.15) is 0 Å². The SMILES string of the molecule is CC(C)NCc1sccc1S(=O)(=O)N1CCSCC1. The first-order valence-electron chi connectivity index (χ1n) is 6.39. The van der Waals surface area contributed by atoms with Crippen molar-refractivity contribution in [3.05, 3.63) is 16.3 Å². The zero-order valence-electron chi connectivity index (χ0n) is 11.3. The van der Waals surface area contributed by atoms with Gasteiger partial charge in [-0.15, -0.1) is 11.3 Å². The fourth-order valence-corrected chi connectivity index (χ4v) is 5.85. The number of nitrogens with zero attached hydrogens (tertiary/aromatic N) is 1. The second kappa shape index (κ2) is 6.58. The number of nitrogens with one attached hydrogen (secondary N) is 1. The Labute approximate surface area is 123 Å². The molecule has 19 heavy (non-hydrogen) atoms. The molecule has 0 aliphatic carbocycles. The molecule has 0 bridgehead atoms. The summed E-state index contributed by atoms with van der Waals surface area (Å²) in [5.41, 5.74) is 0. The van der Waals surface area contributed by atoms with Gasteiger partial charge >= 0.3 is 0 Å². The molecule has 0 amide bonds. The highest BCUT2D eigenvalue weighted by Crippen LogP contribution is 2.27. The summed E-state index contributed by atoms with van der Waals surface area (Å²) in [6.45, 7) is 5.99. The number of thiophene rings is 1. The quantitative estimate of drug-likeness (QED) is 0.901. The van der Waals surface area contributed by atoms with Crippen LogP contribution in [0.3, 0.4) is 0 Å². The standard InChI is InChI=1S/C12H20N2O2S3/c1-10(2)13-9-11-12(3-6-18-11)19(15,16)14-4-7-17-8-5-14/h3,6,10,13H,4-5,7-9H2,1-2H3. The molecule has 1 saturated heterocycles. The Morgan fingerprint density at radius 3 is 2.68 bits per heavy atom. The van der Waals surface area contributed by atoms with Crippen molar-refractivity contribution < 1.29 is 8.42 Å². The first-order valence-corrected chi connectivity index (χ1v) is 9.87. The molecule has 108 valence electrons. The Morgan fingerprint density at radius 1 is 1.37 bits per heavy atom. The highest BCUT2D eigenvalue weighted by Gasteiger charge is 2.28. The first-order chi connectivity index (χ1) is 9.01. The van der Waals surface area contributed by atoms with Gasteiger partial charge in [-0.25, -0.2) is 8.42 Å². The predicted molar refractivity (Wildman–Crippen MR) is 82.4 cm³/mol. The third-order valence-corrected chi connectivity index (χ3v) is 6.94. The summed E-state index contributed by atoms with van der Waals surface area (Å²) in [7, 11) is -3.31. The van der Waals surface area contributed by atoms with Gasteiger partial charge in [0.05, 0.1) is 4.90 Å². The van der Waals surface area contributed by atoms with Gasteiger partial charge in [-0.3, -0.25) is 0 Å². The highest BCUT2D eigenvalue weighted by molar-refractivity contribution is 7.99. The smallest absolute Gasteiger partial charge is 0.244 e. The predicted octanol–water partition coefficient (Wildman–Crippen LogP) is 1.98. The molecule has 1 aromatic heterocycles. The fraction of sp³-hybridized carbons (Fsp3) is 0.667. The molecular formula is C12H20N2O2S3. The van der Waals surface area contributed by atoms with Crippen molar-refractivity contribution in [2.45, 2.75) is 31.3 Å². The van der Waals surface area contributed by atoms with Crippen LogP contribution >= 0.6 is 23.1 Å². The molecule has 2 rings (SSSR count). The number of hydrogen-bond acceptors (Lipinski definition) is 5. The molecule has 0 atom stereocenters. The van der Waals surface area contributed by atoms with E-state index in [1.807, 2.05) is 17.1 Å². The lowest BCUT2D eigenvalue weighted by Crippen LogP contribution is -2.38. The van der Waals surface area contributed by atoms with Gasteiger partial charge in [0.15, 0.2) is 0 Å². The zero-order chi connectivity index (χ0) is 13.9. The van der Waals surface area contributed by atoms with E-state index in [2.05, 4.69) is 19.2 Å². The highest BCUT2D eigenvalue weighted by atomic mass is 32.2. The normalized spacial score (nSPS) is 18.1. The number of thioether (sulfide) groups is 1. The van der Waals surface area contributed by atoms with Gasteiger partial charge in [-0.1, -0.05) is 13.8 Å². The van der Waals surface area contributed by atoms with Crippen molar-refractivity contribution in [3.63, 3.8) is 0 Å². The third-order valence-electron chi connectivity index (χ3n) is 2.96. The fourth-order valence-electron chi connectivity index (χ4n) is 1.91. The molecule has 1 aromatic rings. The van der Waals surface area contributed by atoms with Crippen molar-refractivity contribution in [1.82, 2.24) is 9.62 Å². The molecule has 1 N–H and O–H groups in total. The lowest BCUT2D eigenvalue weighted by Gasteiger charge is -2.25. The lowest BCUT2D eigenvalue weighted by atomic mass is 10.4. The second-order valence-corrected chi connectivity index (χ2v) is 8.89. The second-order valence-electron chi connectivity index (χ2n) is 4.76. The van der Waals surface area contributed by atoms with E-state index in [9.17, 15) is 8.42 Å². The topological polar surface area (TPSA) is 49.4 Å². The summed E-state index contributed by atoms with van der Waals surface area (Å²) in [5, 5.41) is 5.15. The van der Waals surface area contributed by atoms with E-state index in [1.54, 1.807) is 10.4 Å². The van der Waals surface area contributed by atoms with E-state index < -0.39 is 10.0 Å². The van der Waals surface area contributed by atoms with E-state index in [0.29, 0.717) is 30.6 Å². The molecular weight excluding hydrogens is 300 g/mol. The molecule has 0 radical (unpaired) electrons. The molecule has 1 fully saturated rings. The maximum atomic E-state index is 12.6. The van der Waals surface area contributed by atoms with Crippen LogP contribution in [0.2, 0.25) is 0 Å². The van der Waals surface area contributed by atoms with Crippen LogP contribution in [0.15, 0.2) is 16.3 Å². The maximum Gasteiger partial charge on any atom is 0.244 e. The van der Waals surface area contributed by atoms with Crippen molar-refractivity contribution in [3.8, 4) is 0 Å². The minimum atomic E-state index is -3.31. The molecule has 0 unspecified atom stereocenters. The zero-order valence-corrected chi connectivity index (χ0v) is 13.7. The molecule has 2 heterocycles. The molecule has 0 saturated carbocycles. The van der Waals surface area contributed by atoms with Gasteiger partial charge in [0.25, 0.3) is 0 Å². The third kappa shape index (κ3) is 3.72. The van der Waals surface area contributed by atoms with Crippen LogP contribution in [0.25, 0.3) is 0 Å². The van der Waals surface area contributed by atoms with Gasteiger partial charge in [0.2, 0.25) is 10.0 Å². The molecule has 1 aliphatic heterocycles. The monoisotopic (exact) mass is 320 g/mol. The van der Waals surface area contributed by atoms with Crippen molar-refractivity contribution in [1.29, 1.82) is 0 Å². The van der Waals surface area contributed by atoms with Gasteiger partial charge in [-0.2, -0.15) is 16.1 Å². The van der Waals surface area contributed by atoms with Crippen LogP contribution in [0.5, 0.6) is 0 Å². The van der Waals surface area contributed by atoms with Gasteiger partial charge in [0, 0.05) is 42.1 Å². The van der Waals surface area contributed by atoms with Crippen LogP contribution in [0.1, 0.15) is 18.7 Å². The molecule has 0 spiro atoms. The average Bonchev–Trinajstić information content (AvgIpc) is 2.86. The Bertz CT molecular complexity index is 505. The van der Waals surface area contributed by atoms with E-state index in [0.717, 1.165) is 16.4 Å². The van der Waals surface area contributed by atoms with Gasteiger partial charge in [-0.05, 0) is 11.4 Å². The summed E-state index contributed by atoms with van der Waals surface area (Å²) in [6.07, 6.45) is 0. The summed E-state index contributed by atoms with van der Waals surface area (Å²) < 4.78 is 26.8. The Balaban J connectivity index is 2.18. The molecule has 4 nitrogen and oxygen atoms in total. The Morgan fingerprint density at radius 2 is 2.05 bits per heavy atom. The first kappa shape index (κ1) is 15.3. The Hall–Kier alpha value is -0.0800. The van der Waals surface area contributed by atoms with Crippen LogP contribution in [0, 0.1) is 0 Å². The maximum absolute atomic E-state index is 12.6. The molecule has 7 heteroatoms. The number of hydrogen-bond donors (Lipinski definition) is 1. The van der Waals surface area contributed by atoms with Crippen LogP contribution in [-0.2, 0) is 16.6 Å². The lowest BCUT2D eigenvalue weighted by molar-refractivity contribution is 0.442.